The summed E-state index contributed by atoms with van der Waals surface area (Å²) in [5, 5.41) is 8.70. The number of aliphatic carboxylic acids is 1. The highest BCUT2D eigenvalue weighted by molar-refractivity contribution is 8.26. The number of thiocarbonyl (C=S) groups is 1. The lowest BCUT2D eigenvalue weighted by Gasteiger charge is -2.13. The summed E-state index contributed by atoms with van der Waals surface area (Å²) in [5.74, 6) is -0.510. The predicted molar refractivity (Wildman–Crippen MR) is 102 cm³/mol. The van der Waals surface area contributed by atoms with Gasteiger partial charge in [-0.25, -0.2) is 4.79 Å². The number of hydrogen-bond acceptors (Lipinski definition) is 7. The maximum atomic E-state index is 12.5. The van der Waals surface area contributed by atoms with Crippen LogP contribution in [-0.2, 0) is 14.3 Å². The third-order valence-electron chi connectivity index (χ3n) is 3.44. The monoisotopic (exact) mass is 397 g/mol. The van der Waals surface area contributed by atoms with E-state index in [1.165, 1.54) is 18.9 Å². The maximum Gasteiger partial charge on any atom is 0.341 e. The van der Waals surface area contributed by atoms with Gasteiger partial charge in [0.1, 0.15) is 4.32 Å². The highest BCUT2D eigenvalue weighted by Crippen LogP contribution is 2.34. The van der Waals surface area contributed by atoms with Gasteiger partial charge in [-0.3, -0.25) is 9.69 Å². The van der Waals surface area contributed by atoms with Crippen LogP contribution in [0.1, 0.15) is 12.0 Å². The third kappa shape index (κ3) is 5.20. The quantitative estimate of drug-likeness (QED) is 0.386. The summed E-state index contributed by atoms with van der Waals surface area (Å²) in [6, 6.07) is 5.00. The van der Waals surface area contributed by atoms with Crippen LogP contribution in [0.4, 0.5) is 0 Å². The molecule has 0 unspecified atom stereocenters. The Bertz CT molecular complexity index is 734. The van der Waals surface area contributed by atoms with E-state index < -0.39 is 12.6 Å². The fraction of sp³-hybridized carbons (Fsp3) is 0.353. The molecule has 7 nitrogen and oxygen atoms in total. The fourth-order valence-electron chi connectivity index (χ4n) is 2.24. The van der Waals surface area contributed by atoms with Gasteiger partial charge >= 0.3 is 5.97 Å². The van der Waals surface area contributed by atoms with Gasteiger partial charge in [0.05, 0.1) is 12.0 Å². The van der Waals surface area contributed by atoms with E-state index in [0.717, 1.165) is 5.56 Å². The zero-order valence-corrected chi connectivity index (χ0v) is 16.0. The van der Waals surface area contributed by atoms with Crippen LogP contribution in [0.15, 0.2) is 23.1 Å². The largest absolute Gasteiger partial charge is 0.493 e. The third-order valence-corrected chi connectivity index (χ3v) is 4.82. The number of thioether (sulfide) groups is 1. The molecule has 1 aliphatic heterocycles. The van der Waals surface area contributed by atoms with Crippen LogP contribution in [0, 0.1) is 0 Å². The molecule has 1 aromatic rings. The number of hydrogen-bond donors (Lipinski definition) is 1. The van der Waals surface area contributed by atoms with Crippen molar-refractivity contribution in [1.82, 2.24) is 4.90 Å². The number of carboxylic acid groups (broad SMARTS) is 1. The zero-order chi connectivity index (χ0) is 19.1. The summed E-state index contributed by atoms with van der Waals surface area (Å²) in [6.45, 7) is 0.613. The molecule has 0 spiro atoms. The second-order valence-corrected chi connectivity index (χ2v) is 6.95. The predicted octanol–water partition coefficient (Wildman–Crippen LogP) is 2.40. The van der Waals surface area contributed by atoms with Gasteiger partial charge in [-0.1, -0.05) is 30.0 Å². The van der Waals surface area contributed by atoms with Crippen molar-refractivity contribution in [2.75, 3.05) is 34.0 Å². The van der Waals surface area contributed by atoms with Gasteiger partial charge < -0.3 is 19.3 Å². The smallest absolute Gasteiger partial charge is 0.341 e. The van der Waals surface area contributed by atoms with E-state index >= 15 is 0 Å². The number of carboxylic acids is 1. The van der Waals surface area contributed by atoms with Crippen molar-refractivity contribution < 1.29 is 28.9 Å². The Hall–Kier alpha value is -2.10. The minimum Gasteiger partial charge on any atom is -0.493 e. The van der Waals surface area contributed by atoms with E-state index in [1.807, 2.05) is 0 Å². The number of amides is 1. The normalized spacial score (nSPS) is 15.6. The van der Waals surface area contributed by atoms with Gasteiger partial charge in [0, 0.05) is 20.3 Å². The summed E-state index contributed by atoms with van der Waals surface area (Å²) in [4.78, 5) is 25.2. The number of nitrogens with zero attached hydrogens (tertiary/aromatic N) is 1. The molecular weight excluding hydrogens is 378 g/mol. The molecule has 1 aliphatic rings. The minimum absolute atomic E-state index is 0.138. The summed E-state index contributed by atoms with van der Waals surface area (Å²) < 4.78 is 15.9. The Balaban J connectivity index is 2.14. The van der Waals surface area contributed by atoms with Crippen molar-refractivity contribution >= 4 is 46.3 Å². The van der Waals surface area contributed by atoms with Crippen LogP contribution >= 0.6 is 24.0 Å². The zero-order valence-electron chi connectivity index (χ0n) is 14.4. The van der Waals surface area contributed by atoms with Gasteiger partial charge in [0.2, 0.25) is 0 Å². The molecule has 1 saturated heterocycles. The number of ether oxygens (including phenoxy) is 3. The van der Waals surface area contributed by atoms with Gasteiger partial charge in [0.25, 0.3) is 5.91 Å². The Kier molecular flexibility index (Phi) is 7.43. The van der Waals surface area contributed by atoms with Crippen LogP contribution in [0.3, 0.4) is 0 Å². The first-order valence-electron chi connectivity index (χ1n) is 7.73. The van der Waals surface area contributed by atoms with Crippen LogP contribution in [0.2, 0.25) is 0 Å². The molecule has 1 amide bonds. The average Bonchev–Trinajstić information content (AvgIpc) is 2.87. The molecule has 0 saturated carbocycles. The fourth-order valence-corrected chi connectivity index (χ4v) is 3.55. The highest BCUT2D eigenvalue weighted by atomic mass is 32.2. The number of benzene rings is 1. The van der Waals surface area contributed by atoms with E-state index in [2.05, 4.69) is 0 Å². The molecule has 2 rings (SSSR count). The van der Waals surface area contributed by atoms with E-state index in [-0.39, 0.29) is 5.91 Å². The van der Waals surface area contributed by atoms with Crippen LogP contribution in [0.25, 0.3) is 6.08 Å². The molecule has 0 aromatic heterocycles. The second-order valence-electron chi connectivity index (χ2n) is 5.27. The Morgan fingerprint density at radius 1 is 1.35 bits per heavy atom. The number of carbonyl (C=O) groups is 2. The molecule has 1 heterocycles. The molecule has 26 heavy (non-hydrogen) atoms. The van der Waals surface area contributed by atoms with Crippen LogP contribution in [-0.4, -0.2) is 60.2 Å². The van der Waals surface area contributed by atoms with Crippen molar-refractivity contribution in [3.63, 3.8) is 0 Å². The Labute approximate surface area is 160 Å². The lowest BCUT2D eigenvalue weighted by Crippen LogP contribution is -2.29. The first kappa shape index (κ1) is 20.2. The van der Waals surface area contributed by atoms with E-state index in [0.29, 0.717) is 40.3 Å². The Morgan fingerprint density at radius 3 is 2.77 bits per heavy atom. The highest BCUT2D eigenvalue weighted by Gasteiger charge is 2.31. The van der Waals surface area contributed by atoms with Crippen LogP contribution in [0.5, 0.6) is 11.5 Å². The number of methoxy groups -OCH3 is 2. The van der Waals surface area contributed by atoms with Crippen molar-refractivity contribution in [3.05, 3.63) is 28.7 Å². The van der Waals surface area contributed by atoms with Crippen LogP contribution < -0.4 is 9.47 Å². The number of carbonyl (C=O) groups excluding carboxylic acids is 1. The first-order chi connectivity index (χ1) is 12.5. The maximum absolute atomic E-state index is 12.5. The molecular formula is C17H19NO6S2. The van der Waals surface area contributed by atoms with Gasteiger partial charge in [-0.05, 0) is 30.2 Å². The average molecular weight is 397 g/mol. The number of rotatable bonds is 9. The second kappa shape index (κ2) is 9.56. The van der Waals surface area contributed by atoms with Crippen molar-refractivity contribution in [2.24, 2.45) is 0 Å². The first-order valence-corrected chi connectivity index (χ1v) is 8.95. The van der Waals surface area contributed by atoms with Gasteiger partial charge in [-0.2, -0.15) is 0 Å². The van der Waals surface area contributed by atoms with E-state index in [4.69, 9.17) is 31.5 Å². The van der Waals surface area contributed by atoms with Crippen molar-refractivity contribution in [1.29, 1.82) is 0 Å². The van der Waals surface area contributed by atoms with Gasteiger partial charge in [0.15, 0.2) is 18.1 Å². The summed E-state index contributed by atoms with van der Waals surface area (Å²) >= 11 is 6.52. The molecule has 140 valence electrons. The minimum atomic E-state index is -1.08. The lowest BCUT2D eigenvalue weighted by atomic mass is 10.2. The molecule has 9 heteroatoms. The molecule has 0 radical (unpaired) electrons. The van der Waals surface area contributed by atoms with Crippen molar-refractivity contribution in [3.8, 4) is 11.5 Å². The standard InChI is InChI=1S/C17H19NO6S2/c1-22-7-3-6-18-16(21)14(26-17(18)25)9-11-4-5-12(13(8-11)23-2)24-10-15(19)20/h4-5,8-9H,3,6-7,10H2,1-2H3,(H,19,20)/b14-9-. The molecule has 0 bridgehead atoms. The Morgan fingerprint density at radius 2 is 2.12 bits per heavy atom. The summed E-state index contributed by atoms with van der Waals surface area (Å²) in [6.07, 6.45) is 2.43. The summed E-state index contributed by atoms with van der Waals surface area (Å²) in [5.41, 5.74) is 0.724. The molecule has 1 N–H and O–H groups in total. The topological polar surface area (TPSA) is 85.3 Å². The van der Waals surface area contributed by atoms with Gasteiger partial charge in [-0.15, -0.1) is 0 Å². The molecule has 0 aliphatic carbocycles. The van der Waals surface area contributed by atoms with E-state index in [1.54, 1.807) is 36.3 Å². The van der Waals surface area contributed by atoms with Crippen molar-refractivity contribution in [2.45, 2.75) is 6.42 Å². The molecule has 1 fully saturated rings. The van der Waals surface area contributed by atoms with E-state index in [9.17, 15) is 9.59 Å². The summed E-state index contributed by atoms with van der Waals surface area (Å²) in [7, 11) is 3.07. The molecule has 1 aromatic carbocycles. The SMILES string of the molecule is COCCCN1C(=O)/C(=C/c2ccc(OCC(=O)O)c(OC)c2)SC1=S. The lowest BCUT2D eigenvalue weighted by molar-refractivity contribution is -0.139. The molecule has 0 atom stereocenters.